The first-order valence-corrected chi connectivity index (χ1v) is 10.1. The van der Waals surface area contributed by atoms with E-state index in [1.54, 1.807) is 0 Å². The van der Waals surface area contributed by atoms with Gasteiger partial charge in [0.1, 0.15) is 0 Å². The van der Waals surface area contributed by atoms with Gasteiger partial charge < -0.3 is 21.1 Å². The Morgan fingerprint density at radius 3 is 2.81 bits per heavy atom. The Balaban J connectivity index is 1.46. The summed E-state index contributed by atoms with van der Waals surface area (Å²) >= 11 is 13.7. The van der Waals surface area contributed by atoms with Gasteiger partial charge in [0.2, 0.25) is 0 Å². The lowest BCUT2D eigenvalue weighted by molar-refractivity contribution is -0.118. The second-order valence-corrected chi connectivity index (χ2v) is 8.88. The molecule has 3 aliphatic rings. The minimum Gasteiger partial charge on any atom is -0.465 e. The van der Waals surface area contributed by atoms with Crippen molar-refractivity contribution in [2.24, 2.45) is 0 Å². The first-order valence-electron chi connectivity index (χ1n) is 8.49. The largest absolute Gasteiger partial charge is 0.465 e. The molecule has 27 heavy (non-hydrogen) atoms. The van der Waals surface area contributed by atoms with Crippen LogP contribution in [0.4, 0.5) is 4.79 Å². The molecule has 0 fully saturated rings. The number of nitrogens with one attached hydrogen (secondary N) is 3. The van der Waals surface area contributed by atoms with Crippen LogP contribution in [0.25, 0.3) is 0 Å². The summed E-state index contributed by atoms with van der Waals surface area (Å²) in [6.45, 7) is 0.245. The van der Waals surface area contributed by atoms with Crippen molar-refractivity contribution in [3.05, 3.63) is 56.6 Å². The first-order chi connectivity index (χ1) is 12.9. The zero-order valence-corrected chi connectivity index (χ0v) is 16.4. The van der Waals surface area contributed by atoms with Crippen LogP contribution in [0.3, 0.4) is 0 Å². The van der Waals surface area contributed by atoms with Crippen LogP contribution < -0.4 is 16.0 Å². The van der Waals surface area contributed by atoms with E-state index in [0.717, 1.165) is 11.1 Å². The summed E-state index contributed by atoms with van der Waals surface area (Å²) in [6, 6.07) is 7.51. The molecule has 1 aliphatic carbocycles. The number of benzene rings is 1. The maximum absolute atomic E-state index is 12.8. The van der Waals surface area contributed by atoms with Gasteiger partial charge in [-0.05, 0) is 23.6 Å². The molecule has 2 aliphatic heterocycles. The molecular formula is C18H17Cl2N3O3S. The van der Waals surface area contributed by atoms with Gasteiger partial charge >= 0.3 is 6.09 Å². The van der Waals surface area contributed by atoms with E-state index in [-0.39, 0.29) is 35.7 Å². The van der Waals surface area contributed by atoms with Crippen LogP contribution in [0.2, 0.25) is 0 Å². The van der Waals surface area contributed by atoms with E-state index in [0.29, 0.717) is 21.5 Å². The summed E-state index contributed by atoms with van der Waals surface area (Å²) in [5, 5.41) is 18.1. The van der Waals surface area contributed by atoms with Crippen LogP contribution in [-0.4, -0.2) is 41.0 Å². The van der Waals surface area contributed by atoms with Gasteiger partial charge in [0.05, 0.1) is 26.4 Å². The van der Waals surface area contributed by atoms with Crippen LogP contribution >= 0.6 is 35.0 Å². The number of carboxylic acid groups (broad SMARTS) is 1. The molecule has 0 aromatic heterocycles. The molecule has 0 bridgehead atoms. The normalized spacial score (nSPS) is 28.3. The molecule has 1 aromatic carbocycles. The lowest BCUT2D eigenvalue weighted by atomic mass is 9.98. The number of rotatable bonds is 4. The van der Waals surface area contributed by atoms with Gasteiger partial charge in [0.25, 0.3) is 5.91 Å². The molecule has 4 rings (SSSR count). The maximum atomic E-state index is 12.8. The average molecular weight is 426 g/mol. The van der Waals surface area contributed by atoms with Crippen molar-refractivity contribution in [3.8, 4) is 0 Å². The lowest BCUT2D eigenvalue weighted by Crippen LogP contribution is -2.44. The van der Waals surface area contributed by atoms with Gasteiger partial charge in [-0.25, -0.2) is 4.79 Å². The van der Waals surface area contributed by atoms with E-state index < -0.39 is 6.09 Å². The van der Waals surface area contributed by atoms with E-state index in [2.05, 4.69) is 16.0 Å². The average Bonchev–Trinajstić information content (AvgIpc) is 3.27. The molecule has 0 saturated carbocycles. The number of carbonyl (C=O) groups excluding carboxylic acids is 1. The Kier molecular flexibility index (Phi) is 5.01. The highest BCUT2D eigenvalue weighted by atomic mass is 35.5. The molecule has 9 heteroatoms. The second kappa shape index (κ2) is 7.30. The third-order valence-electron chi connectivity index (χ3n) is 5.09. The van der Waals surface area contributed by atoms with Gasteiger partial charge in [-0.3, -0.25) is 4.79 Å². The molecule has 4 N–H and O–H groups in total. The summed E-state index contributed by atoms with van der Waals surface area (Å²) in [7, 11) is 0. The van der Waals surface area contributed by atoms with Crippen molar-refractivity contribution in [1.82, 2.24) is 16.0 Å². The van der Waals surface area contributed by atoms with Gasteiger partial charge in [-0.15, -0.1) is 11.8 Å². The number of carbonyl (C=O) groups is 2. The lowest BCUT2D eigenvalue weighted by Gasteiger charge is -2.22. The highest BCUT2D eigenvalue weighted by molar-refractivity contribution is 8.05. The molecule has 1 aromatic rings. The fourth-order valence-corrected chi connectivity index (χ4v) is 5.68. The number of thioether (sulfide) groups is 1. The summed E-state index contributed by atoms with van der Waals surface area (Å²) in [4.78, 5) is 23.7. The first kappa shape index (κ1) is 18.5. The Morgan fingerprint density at radius 1 is 1.30 bits per heavy atom. The second-order valence-electron chi connectivity index (χ2n) is 6.68. The van der Waals surface area contributed by atoms with Crippen molar-refractivity contribution in [2.45, 2.75) is 29.7 Å². The number of halogens is 2. The monoisotopic (exact) mass is 425 g/mol. The Bertz CT molecular complexity index is 873. The zero-order chi connectivity index (χ0) is 19.1. The molecule has 142 valence electrons. The topological polar surface area (TPSA) is 90.5 Å². The Morgan fingerprint density at radius 2 is 2.07 bits per heavy atom. The van der Waals surface area contributed by atoms with E-state index >= 15 is 0 Å². The molecular weight excluding hydrogens is 409 g/mol. The molecule has 2 heterocycles. The standard InChI is InChI=1S/C18H17Cl2N3O3S/c19-14-15-13(27-16(14)20)6-12(22-15)17(24)23-11-5-8-3-1-2-4-9(8)10(11)7-21-18(25)26/h1-4,6,10-11,13,15,21-22H,5,7H2,(H,23,24)(H,25,26)/t10-,11+,13?,15?/m0/s1. The van der Waals surface area contributed by atoms with Crippen molar-refractivity contribution < 1.29 is 14.7 Å². The van der Waals surface area contributed by atoms with Crippen LogP contribution in [0, 0.1) is 0 Å². The van der Waals surface area contributed by atoms with Crippen LogP contribution in [0.1, 0.15) is 17.0 Å². The summed E-state index contributed by atoms with van der Waals surface area (Å²) in [5.74, 6) is -0.334. The highest BCUT2D eigenvalue weighted by Crippen LogP contribution is 2.45. The summed E-state index contributed by atoms with van der Waals surface area (Å²) in [6.07, 6.45) is 1.43. The predicted molar refractivity (Wildman–Crippen MR) is 106 cm³/mol. The van der Waals surface area contributed by atoms with Gasteiger partial charge in [0, 0.05) is 18.5 Å². The van der Waals surface area contributed by atoms with Crippen molar-refractivity contribution in [3.63, 3.8) is 0 Å². The number of fused-ring (bicyclic) bond motifs is 2. The minimum atomic E-state index is -1.08. The third-order valence-corrected chi connectivity index (χ3v) is 7.30. The third kappa shape index (κ3) is 3.51. The molecule has 0 spiro atoms. The summed E-state index contributed by atoms with van der Waals surface area (Å²) < 4.78 is 0.556. The fourth-order valence-electron chi connectivity index (χ4n) is 3.83. The number of amides is 2. The fraction of sp³-hybridized carbons (Fsp3) is 0.333. The number of hydrogen-bond donors (Lipinski definition) is 4. The van der Waals surface area contributed by atoms with E-state index in [1.807, 2.05) is 30.3 Å². The quantitative estimate of drug-likeness (QED) is 0.595. The summed E-state index contributed by atoms with van der Waals surface area (Å²) in [5.41, 5.74) is 2.66. The van der Waals surface area contributed by atoms with E-state index in [1.165, 1.54) is 11.8 Å². The van der Waals surface area contributed by atoms with Crippen LogP contribution in [0.5, 0.6) is 0 Å². The Labute approximate surface area is 170 Å². The van der Waals surface area contributed by atoms with Gasteiger partial charge in [-0.1, -0.05) is 47.5 Å². The SMILES string of the molecule is O=C(O)NC[C@H]1c2ccccc2C[C@H]1NC(=O)C1=CC2SC(Cl)=C(Cl)C2N1. The smallest absolute Gasteiger partial charge is 0.404 e. The molecule has 2 amide bonds. The van der Waals surface area contributed by atoms with Crippen LogP contribution in [0.15, 0.2) is 45.4 Å². The van der Waals surface area contributed by atoms with E-state index in [4.69, 9.17) is 28.3 Å². The zero-order valence-electron chi connectivity index (χ0n) is 14.0. The van der Waals surface area contributed by atoms with Gasteiger partial charge in [-0.2, -0.15) is 0 Å². The van der Waals surface area contributed by atoms with Crippen molar-refractivity contribution >= 4 is 47.0 Å². The molecule has 2 unspecified atom stereocenters. The molecule has 0 saturated heterocycles. The molecule has 0 radical (unpaired) electrons. The predicted octanol–water partition coefficient (Wildman–Crippen LogP) is 2.70. The highest BCUT2D eigenvalue weighted by Gasteiger charge is 2.40. The van der Waals surface area contributed by atoms with Crippen molar-refractivity contribution in [2.75, 3.05) is 6.54 Å². The van der Waals surface area contributed by atoms with Crippen molar-refractivity contribution in [1.29, 1.82) is 0 Å². The van der Waals surface area contributed by atoms with Crippen LogP contribution in [-0.2, 0) is 11.2 Å². The molecule has 6 nitrogen and oxygen atoms in total. The minimum absolute atomic E-state index is 0.0102. The maximum Gasteiger partial charge on any atom is 0.404 e. The Hall–Kier alpha value is -1.83. The van der Waals surface area contributed by atoms with E-state index in [9.17, 15) is 9.59 Å². The molecule has 4 atom stereocenters. The van der Waals surface area contributed by atoms with Gasteiger partial charge in [0.15, 0.2) is 0 Å². The number of hydrogen-bond acceptors (Lipinski definition) is 4.